The highest BCUT2D eigenvalue weighted by Crippen LogP contribution is 2.19. The van der Waals surface area contributed by atoms with Crippen molar-refractivity contribution in [1.82, 2.24) is 5.32 Å². The van der Waals surface area contributed by atoms with Gasteiger partial charge in [-0.25, -0.2) is 0 Å². The molecule has 86 valence electrons. The molecule has 0 spiro atoms. The van der Waals surface area contributed by atoms with Gasteiger partial charge in [0.05, 0.1) is 11.1 Å². The molecule has 5 heteroatoms. The minimum absolute atomic E-state index is 0.0190. The standard InChI is InChI=1S/C10H18N2O2S/c1-6(5-9(11)15)12-10(13)8-4-3-7(2)14-8/h6-8H,3-5H2,1-2H3,(H2,11,15)(H,12,13). The summed E-state index contributed by atoms with van der Waals surface area (Å²) < 4.78 is 5.45. The first-order chi connectivity index (χ1) is 6.99. The van der Waals surface area contributed by atoms with E-state index in [9.17, 15) is 4.79 Å². The third-order valence-corrected chi connectivity index (χ3v) is 2.59. The molecule has 0 aromatic rings. The van der Waals surface area contributed by atoms with E-state index >= 15 is 0 Å². The third kappa shape index (κ3) is 4.13. The lowest BCUT2D eigenvalue weighted by molar-refractivity contribution is -0.132. The maximum absolute atomic E-state index is 11.7. The fourth-order valence-corrected chi connectivity index (χ4v) is 1.93. The van der Waals surface area contributed by atoms with Crippen LogP contribution in [0.5, 0.6) is 0 Å². The number of hydrogen-bond donors (Lipinski definition) is 2. The summed E-state index contributed by atoms with van der Waals surface area (Å²) in [6.45, 7) is 3.86. The zero-order valence-corrected chi connectivity index (χ0v) is 9.97. The Bertz CT molecular complexity index is 258. The van der Waals surface area contributed by atoms with Gasteiger partial charge in [0, 0.05) is 12.5 Å². The van der Waals surface area contributed by atoms with Crippen molar-refractivity contribution in [3.05, 3.63) is 0 Å². The lowest BCUT2D eigenvalue weighted by Gasteiger charge is -2.16. The number of thiocarbonyl (C=S) groups is 1. The largest absolute Gasteiger partial charge is 0.393 e. The summed E-state index contributed by atoms with van der Waals surface area (Å²) in [6, 6.07) is -0.0190. The Hall–Kier alpha value is -0.680. The fourth-order valence-electron chi connectivity index (χ4n) is 1.68. The summed E-state index contributed by atoms with van der Waals surface area (Å²) in [6.07, 6.45) is 2.16. The van der Waals surface area contributed by atoms with Gasteiger partial charge in [-0.15, -0.1) is 0 Å². The number of nitrogens with two attached hydrogens (primary N) is 1. The number of hydrogen-bond acceptors (Lipinski definition) is 3. The van der Waals surface area contributed by atoms with Gasteiger partial charge in [-0.3, -0.25) is 4.79 Å². The van der Waals surface area contributed by atoms with Crippen LogP contribution in [0.1, 0.15) is 33.1 Å². The molecule has 0 aromatic carbocycles. The van der Waals surface area contributed by atoms with E-state index in [0.29, 0.717) is 11.4 Å². The van der Waals surface area contributed by atoms with E-state index in [-0.39, 0.29) is 24.2 Å². The second-order valence-corrected chi connectivity index (χ2v) is 4.62. The molecule has 15 heavy (non-hydrogen) atoms. The Morgan fingerprint density at radius 2 is 2.33 bits per heavy atom. The predicted molar refractivity (Wildman–Crippen MR) is 62.6 cm³/mol. The highest BCUT2D eigenvalue weighted by molar-refractivity contribution is 7.80. The molecule has 1 fully saturated rings. The van der Waals surface area contributed by atoms with Crippen LogP contribution < -0.4 is 11.1 Å². The predicted octanol–water partition coefficient (Wildman–Crippen LogP) is 0.735. The molecule has 3 atom stereocenters. The van der Waals surface area contributed by atoms with Crippen molar-refractivity contribution in [3.63, 3.8) is 0 Å². The Morgan fingerprint density at radius 3 is 2.80 bits per heavy atom. The fraction of sp³-hybridized carbons (Fsp3) is 0.800. The average molecular weight is 230 g/mol. The smallest absolute Gasteiger partial charge is 0.249 e. The summed E-state index contributed by atoms with van der Waals surface area (Å²) in [7, 11) is 0. The Morgan fingerprint density at radius 1 is 1.67 bits per heavy atom. The van der Waals surface area contributed by atoms with Crippen LogP contribution >= 0.6 is 12.2 Å². The summed E-state index contributed by atoms with van der Waals surface area (Å²) in [5, 5.41) is 2.84. The van der Waals surface area contributed by atoms with Crippen molar-refractivity contribution in [3.8, 4) is 0 Å². The Kier molecular flexibility index (Phi) is 4.47. The molecule has 0 aromatic heterocycles. The van der Waals surface area contributed by atoms with Crippen molar-refractivity contribution >= 4 is 23.1 Å². The first-order valence-electron chi connectivity index (χ1n) is 5.23. The molecule has 3 unspecified atom stereocenters. The second kappa shape index (κ2) is 5.42. The molecule has 1 saturated heterocycles. The van der Waals surface area contributed by atoms with Crippen LogP contribution in [0.3, 0.4) is 0 Å². The summed E-state index contributed by atoms with van der Waals surface area (Å²) in [4.78, 5) is 12.1. The molecule has 4 nitrogen and oxygen atoms in total. The van der Waals surface area contributed by atoms with Gasteiger partial charge in [0.1, 0.15) is 6.10 Å². The molecule has 1 rings (SSSR count). The normalized spacial score (nSPS) is 27.3. The molecular formula is C10H18N2O2S. The van der Waals surface area contributed by atoms with E-state index in [0.717, 1.165) is 12.8 Å². The first-order valence-corrected chi connectivity index (χ1v) is 5.64. The molecular weight excluding hydrogens is 212 g/mol. The molecule has 1 aliphatic heterocycles. The first kappa shape index (κ1) is 12.4. The molecule has 3 N–H and O–H groups in total. The quantitative estimate of drug-likeness (QED) is 0.699. The van der Waals surface area contributed by atoms with Gasteiger partial charge >= 0.3 is 0 Å². The highest BCUT2D eigenvalue weighted by Gasteiger charge is 2.28. The van der Waals surface area contributed by atoms with Crippen molar-refractivity contribution in [1.29, 1.82) is 0 Å². The van der Waals surface area contributed by atoms with Crippen LogP contribution in [-0.4, -0.2) is 29.1 Å². The van der Waals surface area contributed by atoms with Crippen LogP contribution in [0, 0.1) is 0 Å². The van der Waals surface area contributed by atoms with E-state index in [2.05, 4.69) is 5.32 Å². The molecule has 0 radical (unpaired) electrons. The monoisotopic (exact) mass is 230 g/mol. The second-order valence-electron chi connectivity index (χ2n) is 4.09. The van der Waals surface area contributed by atoms with Crippen LogP contribution in [0.4, 0.5) is 0 Å². The summed E-state index contributed by atoms with van der Waals surface area (Å²) >= 11 is 4.77. The maximum atomic E-state index is 11.7. The zero-order valence-electron chi connectivity index (χ0n) is 9.16. The number of carbonyl (C=O) groups is 1. The summed E-state index contributed by atoms with van der Waals surface area (Å²) in [5.41, 5.74) is 5.39. The SMILES string of the molecule is CC(CC(N)=S)NC(=O)C1CCC(C)O1. The highest BCUT2D eigenvalue weighted by atomic mass is 32.1. The van der Waals surface area contributed by atoms with Gasteiger partial charge in [-0.2, -0.15) is 0 Å². The van der Waals surface area contributed by atoms with Gasteiger partial charge in [-0.05, 0) is 26.7 Å². The lowest BCUT2D eigenvalue weighted by atomic mass is 10.1. The summed E-state index contributed by atoms with van der Waals surface area (Å²) in [5.74, 6) is -0.0527. The minimum atomic E-state index is -0.297. The van der Waals surface area contributed by atoms with E-state index in [1.807, 2.05) is 13.8 Å². The van der Waals surface area contributed by atoms with Gasteiger partial charge in [-0.1, -0.05) is 12.2 Å². The number of rotatable bonds is 4. The van der Waals surface area contributed by atoms with Crippen molar-refractivity contribution in [2.75, 3.05) is 0 Å². The topological polar surface area (TPSA) is 64.3 Å². The zero-order chi connectivity index (χ0) is 11.4. The Balaban J connectivity index is 2.32. The van der Waals surface area contributed by atoms with E-state index in [1.165, 1.54) is 0 Å². The molecule has 0 bridgehead atoms. The molecule has 1 heterocycles. The van der Waals surface area contributed by atoms with Crippen LogP contribution in [0.2, 0.25) is 0 Å². The van der Waals surface area contributed by atoms with Crippen molar-refractivity contribution in [2.24, 2.45) is 5.73 Å². The van der Waals surface area contributed by atoms with Gasteiger partial charge in [0.15, 0.2) is 0 Å². The number of ether oxygens (including phenoxy) is 1. The number of nitrogens with one attached hydrogen (secondary N) is 1. The van der Waals surface area contributed by atoms with E-state index in [1.54, 1.807) is 0 Å². The number of carbonyl (C=O) groups excluding carboxylic acids is 1. The lowest BCUT2D eigenvalue weighted by Crippen LogP contribution is -2.41. The number of amides is 1. The third-order valence-electron chi connectivity index (χ3n) is 2.42. The maximum Gasteiger partial charge on any atom is 0.249 e. The van der Waals surface area contributed by atoms with E-state index < -0.39 is 0 Å². The van der Waals surface area contributed by atoms with Crippen LogP contribution in [0.25, 0.3) is 0 Å². The molecule has 0 saturated carbocycles. The minimum Gasteiger partial charge on any atom is -0.393 e. The molecule has 1 aliphatic rings. The Labute approximate surface area is 95.5 Å². The van der Waals surface area contributed by atoms with Crippen molar-refractivity contribution in [2.45, 2.75) is 51.4 Å². The van der Waals surface area contributed by atoms with Gasteiger partial charge in [0.25, 0.3) is 0 Å². The van der Waals surface area contributed by atoms with Crippen molar-refractivity contribution < 1.29 is 9.53 Å². The van der Waals surface area contributed by atoms with Gasteiger partial charge < -0.3 is 15.8 Å². The average Bonchev–Trinajstić information content (AvgIpc) is 2.49. The molecule has 1 amide bonds. The molecule has 0 aliphatic carbocycles. The van der Waals surface area contributed by atoms with Gasteiger partial charge in [0.2, 0.25) is 5.91 Å². The van der Waals surface area contributed by atoms with E-state index in [4.69, 9.17) is 22.7 Å². The van der Waals surface area contributed by atoms with Crippen LogP contribution in [-0.2, 0) is 9.53 Å². The van der Waals surface area contributed by atoms with Crippen LogP contribution in [0.15, 0.2) is 0 Å².